The van der Waals surface area contributed by atoms with Gasteiger partial charge in [0.05, 0.1) is 6.61 Å². The number of ether oxygens (including phenoxy) is 1. The van der Waals surface area contributed by atoms with Crippen molar-refractivity contribution in [3.05, 3.63) is 17.0 Å². The Bertz CT molecular complexity index is 595. The van der Waals surface area contributed by atoms with Crippen LogP contribution in [0.1, 0.15) is 56.1 Å². The van der Waals surface area contributed by atoms with Crippen molar-refractivity contribution in [3.63, 3.8) is 0 Å². The molecule has 2 rings (SSSR count). The fourth-order valence-electron chi connectivity index (χ4n) is 2.83. The first kappa shape index (κ1) is 17.7. The van der Waals surface area contributed by atoms with Gasteiger partial charge in [-0.25, -0.2) is 9.48 Å². The van der Waals surface area contributed by atoms with Crippen molar-refractivity contribution in [2.45, 2.75) is 57.7 Å². The number of esters is 1. The molecule has 4 nitrogen and oxygen atoms in total. The van der Waals surface area contributed by atoms with Gasteiger partial charge in [-0.2, -0.15) is 27.1 Å². The van der Waals surface area contributed by atoms with Crippen LogP contribution < -0.4 is 0 Å². The summed E-state index contributed by atoms with van der Waals surface area (Å²) in [6, 6.07) is -1.30. The third kappa shape index (κ3) is 3.18. The standard InChI is InChI=1S/C14H17F5N2O2/c1-3-9(12(22)23-4-2)21-11-8(6-5-7-13(11,15)16)10(20-21)14(17,18)19/h9H,3-7H2,1-2H3. The molecular weight excluding hydrogens is 323 g/mol. The number of alkyl halides is 5. The molecule has 130 valence electrons. The summed E-state index contributed by atoms with van der Waals surface area (Å²) in [6.07, 6.45) is -5.62. The predicted molar refractivity (Wildman–Crippen MR) is 70.0 cm³/mol. The molecule has 0 spiro atoms. The molecule has 0 N–H and O–H groups in total. The van der Waals surface area contributed by atoms with Crippen LogP contribution in [0.4, 0.5) is 22.0 Å². The topological polar surface area (TPSA) is 44.1 Å². The number of fused-ring (bicyclic) bond motifs is 1. The predicted octanol–water partition coefficient (Wildman–Crippen LogP) is 3.84. The SMILES string of the molecule is CCOC(=O)C(CC)n1nc(C(F)(F)F)c2c1C(F)(F)CCC2. The van der Waals surface area contributed by atoms with E-state index in [0.29, 0.717) is 4.68 Å². The van der Waals surface area contributed by atoms with Crippen LogP contribution in [0.2, 0.25) is 0 Å². The van der Waals surface area contributed by atoms with Crippen LogP contribution >= 0.6 is 0 Å². The Morgan fingerprint density at radius 1 is 1.39 bits per heavy atom. The lowest BCUT2D eigenvalue weighted by atomic mass is 9.92. The highest BCUT2D eigenvalue weighted by molar-refractivity contribution is 5.74. The van der Waals surface area contributed by atoms with Crippen LogP contribution in [0.25, 0.3) is 0 Å². The van der Waals surface area contributed by atoms with E-state index in [-0.39, 0.29) is 25.9 Å². The molecule has 9 heteroatoms. The fraction of sp³-hybridized carbons (Fsp3) is 0.714. The molecule has 0 fully saturated rings. The van der Waals surface area contributed by atoms with E-state index in [1.807, 2.05) is 0 Å². The van der Waals surface area contributed by atoms with E-state index in [0.717, 1.165) is 0 Å². The van der Waals surface area contributed by atoms with Gasteiger partial charge < -0.3 is 4.74 Å². The summed E-state index contributed by atoms with van der Waals surface area (Å²) in [5, 5.41) is 3.34. The minimum atomic E-state index is -4.85. The molecule has 0 saturated carbocycles. The number of rotatable bonds is 4. The van der Waals surface area contributed by atoms with Crippen molar-refractivity contribution in [1.29, 1.82) is 0 Å². The zero-order valence-electron chi connectivity index (χ0n) is 12.7. The fourth-order valence-corrected chi connectivity index (χ4v) is 2.83. The van der Waals surface area contributed by atoms with Crippen LogP contribution in [0.15, 0.2) is 0 Å². The molecule has 0 bridgehead atoms. The molecule has 1 aliphatic rings. The number of carbonyl (C=O) groups is 1. The van der Waals surface area contributed by atoms with Crippen LogP contribution in [0.5, 0.6) is 0 Å². The average molecular weight is 340 g/mol. The van der Waals surface area contributed by atoms with Crippen molar-refractivity contribution < 1.29 is 31.5 Å². The van der Waals surface area contributed by atoms with Gasteiger partial charge in [0.15, 0.2) is 5.69 Å². The van der Waals surface area contributed by atoms with Gasteiger partial charge in [-0.3, -0.25) is 0 Å². The molecule has 0 saturated heterocycles. The Balaban J connectivity index is 2.64. The zero-order valence-corrected chi connectivity index (χ0v) is 12.7. The van der Waals surface area contributed by atoms with Crippen LogP contribution in [0, 0.1) is 0 Å². The van der Waals surface area contributed by atoms with Crippen LogP contribution in [-0.2, 0) is 28.1 Å². The number of aromatic nitrogens is 2. The molecule has 0 aromatic carbocycles. The first-order valence-corrected chi connectivity index (χ1v) is 7.37. The maximum Gasteiger partial charge on any atom is 0.435 e. The second-order valence-corrected chi connectivity index (χ2v) is 5.35. The number of nitrogens with zero attached hydrogens (tertiary/aromatic N) is 2. The molecule has 1 unspecified atom stereocenters. The Morgan fingerprint density at radius 2 is 2.04 bits per heavy atom. The Labute approximate surface area is 129 Å². The zero-order chi connectivity index (χ0) is 17.4. The van der Waals surface area contributed by atoms with Gasteiger partial charge in [0, 0.05) is 12.0 Å². The molecule has 0 radical (unpaired) electrons. The lowest BCUT2D eigenvalue weighted by molar-refractivity contribution is -0.149. The van der Waals surface area contributed by atoms with E-state index in [1.165, 1.54) is 13.8 Å². The minimum Gasteiger partial charge on any atom is -0.464 e. The summed E-state index contributed by atoms with van der Waals surface area (Å²) < 4.78 is 73.1. The van der Waals surface area contributed by atoms with Crippen molar-refractivity contribution in [3.8, 4) is 0 Å². The highest BCUT2D eigenvalue weighted by Crippen LogP contribution is 2.45. The molecular formula is C14H17F5N2O2. The normalized spacial score (nSPS) is 18.4. The quantitative estimate of drug-likeness (QED) is 0.618. The Hall–Kier alpha value is -1.67. The largest absolute Gasteiger partial charge is 0.464 e. The van der Waals surface area contributed by atoms with Crippen molar-refractivity contribution in [2.75, 3.05) is 6.61 Å². The molecule has 1 aromatic rings. The van der Waals surface area contributed by atoms with Crippen molar-refractivity contribution >= 4 is 5.97 Å². The lowest BCUT2D eigenvalue weighted by Crippen LogP contribution is -2.30. The highest BCUT2D eigenvalue weighted by atomic mass is 19.4. The van der Waals surface area contributed by atoms with E-state index < -0.39 is 47.5 Å². The molecule has 1 atom stereocenters. The van der Waals surface area contributed by atoms with Crippen LogP contribution in [-0.4, -0.2) is 22.4 Å². The maximum absolute atomic E-state index is 14.2. The molecule has 1 heterocycles. The third-order valence-electron chi connectivity index (χ3n) is 3.78. The molecule has 0 aliphatic heterocycles. The van der Waals surface area contributed by atoms with E-state index >= 15 is 0 Å². The second-order valence-electron chi connectivity index (χ2n) is 5.35. The summed E-state index contributed by atoms with van der Waals surface area (Å²) in [5.74, 6) is -4.32. The average Bonchev–Trinajstić information content (AvgIpc) is 2.80. The van der Waals surface area contributed by atoms with Gasteiger partial charge in [-0.15, -0.1) is 0 Å². The molecule has 1 aromatic heterocycles. The first-order chi connectivity index (χ1) is 10.6. The first-order valence-electron chi connectivity index (χ1n) is 7.37. The summed E-state index contributed by atoms with van der Waals surface area (Å²) >= 11 is 0. The Morgan fingerprint density at radius 3 is 2.57 bits per heavy atom. The van der Waals surface area contributed by atoms with Crippen LogP contribution in [0.3, 0.4) is 0 Å². The molecule has 0 amide bonds. The summed E-state index contributed by atoms with van der Waals surface area (Å²) in [6.45, 7) is 3.03. The summed E-state index contributed by atoms with van der Waals surface area (Å²) in [5.41, 5.74) is -2.66. The van der Waals surface area contributed by atoms with E-state index in [1.54, 1.807) is 0 Å². The van der Waals surface area contributed by atoms with Gasteiger partial charge in [0.1, 0.15) is 11.7 Å². The van der Waals surface area contributed by atoms with E-state index in [4.69, 9.17) is 4.74 Å². The van der Waals surface area contributed by atoms with Gasteiger partial charge in [-0.1, -0.05) is 6.92 Å². The number of halogens is 5. The van der Waals surface area contributed by atoms with E-state index in [2.05, 4.69) is 5.10 Å². The summed E-state index contributed by atoms with van der Waals surface area (Å²) in [7, 11) is 0. The second kappa shape index (κ2) is 6.09. The highest BCUT2D eigenvalue weighted by Gasteiger charge is 2.49. The van der Waals surface area contributed by atoms with Crippen molar-refractivity contribution in [1.82, 2.24) is 9.78 Å². The molecule has 23 heavy (non-hydrogen) atoms. The van der Waals surface area contributed by atoms with Gasteiger partial charge in [0.25, 0.3) is 5.92 Å². The monoisotopic (exact) mass is 340 g/mol. The summed E-state index contributed by atoms with van der Waals surface area (Å²) in [4.78, 5) is 11.9. The lowest BCUT2D eigenvalue weighted by Gasteiger charge is -2.26. The van der Waals surface area contributed by atoms with Gasteiger partial charge in [0.2, 0.25) is 0 Å². The van der Waals surface area contributed by atoms with E-state index in [9.17, 15) is 26.7 Å². The van der Waals surface area contributed by atoms with Gasteiger partial charge in [-0.05, 0) is 26.2 Å². The Kier molecular flexibility index (Phi) is 4.68. The third-order valence-corrected chi connectivity index (χ3v) is 3.78. The number of hydrogen-bond donors (Lipinski definition) is 0. The van der Waals surface area contributed by atoms with Crippen molar-refractivity contribution in [2.24, 2.45) is 0 Å². The van der Waals surface area contributed by atoms with Gasteiger partial charge >= 0.3 is 12.1 Å². The smallest absolute Gasteiger partial charge is 0.435 e. The maximum atomic E-state index is 14.2. The number of carbonyl (C=O) groups excluding carboxylic acids is 1. The number of hydrogen-bond acceptors (Lipinski definition) is 3. The minimum absolute atomic E-state index is 0.000328. The molecule has 1 aliphatic carbocycles.